The second kappa shape index (κ2) is 9.67. The Hall–Kier alpha value is -2.17. The summed E-state index contributed by atoms with van der Waals surface area (Å²) in [6.07, 6.45) is 0. The molecule has 27 heavy (non-hydrogen) atoms. The van der Waals surface area contributed by atoms with Gasteiger partial charge in [-0.05, 0) is 24.4 Å². The van der Waals surface area contributed by atoms with Gasteiger partial charge in [-0.25, -0.2) is 23.4 Å². The summed E-state index contributed by atoms with van der Waals surface area (Å²) >= 11 is 0. The molecular weight excluding hydrogens is 382 g/mol. The number of nitrogens with zero attached hydrogens (tertiary/aromatic N) is 1. The van der Waals surface area contributed by atoms with Crippen LogP contribution in [0.5, 0.6) is 11.5 Å². The number of fused-ring (bicyclic) bond motifs is 1. The van der Waals surface area contributed by atoms with E-state index in [2.05, 4.69) is 0 Å². The van der Waals surface area contributed by atoms with Crippen molar-refractivity contribution < 1.29 is 52.5 Å². The van der Waals surface area contributed by atoms with Crippen molar-refractivity contribution in [2.75, 3.05) is 20.8 Å². The Labute approximate surface area is 159 Å². The van der Waals surface area contributed by atoms with Gasteiger partial charge in [0.1, 0.15) is 0 Å². The molecule has 2 aromatic rings. The number of methoxy groups -OCH3 is 2. The number of esters is 1. The van der Waals surface area contributed by atoms with E-state index in [0.717, 1.165) is 22.2 Å². The summed E-state index contributed by atoms with van der Waals surface area (Å²) in [5.74, 6) is 1.13. The molecular formula is C17H22ClNO8. The van der Waals surface area contributed by atoms with E-state index in [9.17, 15) is 4.79 Å². The topological polar surface area (TPSA) is 141 Å². The average molecular weight is 404 g/mol. The first-order chi connectivity index (χ1) is 12.5. The first-order valence-corrected chi connectivity index (χ1v) is 9.08. The van der Waals surface area contributed by atoms with Crippen LogP contribution in [0.25, 0.3) is 10.8 Å². The Bertz CT molecular complexity index is 798. The molecule has 10 heteroatoms. The van der Waals surface area contributed by atoms with Crippen LogP contribution >= 0.6 is 0 Å². The summed E-state index contributed by atoms with van der Waals surface area (Å²) in [5.41, 5.74) is 1.98. The lowest BCUT2D eigenvalue weighted by molar-refractivity contribution is -2.00. The molecule has 0 saturated carbocycles. The lowest BCUT2D eigenvalue weighted by Gasteiger charge is -2.17. The molecule has 0 bridgehead atoms. The van der Waals surface area contributed by atoms with Crippen LogP contribution in [0.2, 0.25) is 0 Å². The van der Waals surface area contributed by atoms with E-state index in [1.54, 1.807) is 21.1 Å². The maximum Gasteiger partial charge on any atom is 0.372 e. The number of carbonyl (C=O) groups excluding carboxylic acids is 1. The number of pyridine rings is 1. The Balaban J connectivity index is 0.000000646. The number of aromatic nitrogens is 1. The van der Waals surface area contributed by atoms with E-state index >= 15 is 0 Å². The number of hydrogen-bond donors (Lipinski definition) is 0. The van der Waals surface area contributed by atoms with E-state index in [1.165, 1.54) is 0 Å². The number of ether oxygens (including phenoxy) is 3. The number of benzene rings is 1. The van der Waals surface area contributed by atoms with Crippen molar-refractivity contribution in [3.05, 3.63) is 29.6 Å². The van der Waals surface area contributed by atoms with E-state index in [1.807, 2.05) is 36.6 Å². The summed E-state index contributed by atoms with van der Waals surface area (Å²) in [7, 11) is -1.72. The second-order valence-corrected chi connectivity index (χ2v) is 6.19. The molecule has 0 aliphatic carbocycles. The fraction of sp³-hybridized carbons (Fsp3) is 0.412. The molecule has 0 spiro atoms. The predicted octanol–water partition coefficient (Wildman–Crippen LogP) is -2.43. The van der Waals surface area contributed by atoms with Crippen molar-refractivity contribution in [3.63, 3.8) is 0 Å². The molecule has 1 aromatic heterocycles. The molecule has 1 heterocycles. The molecule has 0 amide bonds. The third-order valence-corrected chi connectivity index (χ3v) is 3.73. The molecule has 0 aliphatic heterocycles. The molecule has 0 unspecified atom stereocenters. The van der Waals surface area contributed by atoms with Crippen molar-refractivity contribution in [1.29, 1.82) is 0 Å². The molecule has 0 N–H and O–H groups in total. The number of carbonyl (C=O) groups is 1. The maximum atomic E-state index is 11.8. The minimum absolute atomic E-state index is 0.204. The summed E-state index contributed by atoms with van der Waals surface area (Å²) in [6, 6.07) is 5.91. The van der Waals surface area contributed by atoms with Crippen molar-refractivity contribution in [3.8, 4) is 11.5 Å². The van der Waals surface area contributed by atoms with Crippen molar-refractivity contribution >= 4 is 16.7 Å². The van der Waals surface area contributed by atoms with Gasteiger partial charge in [0, 0.05) is 19.9 Å². The summed E-state index contributed by atoms with van der Waals surface area (Å²) < 4.78 is 51.7. The minimum Gasteiger partial charge on any atom is -0.493 e. The zero-order valence-electron chi connectivity index (χ0n) is 15.7. The van der Waals surface area contributed by atoms with Gasteiger partial charge in [0.25, 0.3) is 0 Å². The van der Waals surface area contributed by atoms with Crippen molar-refractivity contribution in [1.82, 2.24) is 0 Å². The summed E-state index contributed by atoms with van der Waals surface area (Å²) in [5, 5.41) is 2.07. The van der Waals surface area contributed by atoms with Gasteiger partial charge < -0.3 is 14.2 Å². The fourth-order valence-electron chi connectivity index (χ4n) is 2.62. The van der Waals surface area contributed by atoms with Gasteiger partial charge in [0.05, 0.1) is 26.2 Å². The first kappa shape index (κ1) is 22.9. The van der Waals surface area contributed by atoms with Gasteiger partial charge in [0.15, 0.2) is 22.9 Å². The Morgan fingerprint density at radius 3 is 2.04 bits per heavy atom. The van der Waals surface area contributed by atoms with E-state index in [0.29, 0.717) is 18.1 Å². The maximum absolute atomic E-state index is 11.8. The Morgan fingerprint density at radius 2 is 1.56 bits per heavy atom. The van der Waals surface area contributed by atoms with E-state index in [4.69, 9.17) is 32.8 Å². The standard InChI is InChI=1S/C17H22NO4.ClHO4/c1-6-22-17(19)10-18-11(2)7-13-8-15(20-4)16(21-5)9-14(13)12(18)3;2-1(3,4)5/h7-9H,6,10H2,1-5H3;(H,2,3,4,5)/q+1;/p-1. The molecule has 2 rings (SSSR count). The normalized spacial score (nSPS) is 10.9. The third-order valence-electron chi connectivity index (χ3n) is 3.73. The zero-order valence-corrected chi connectivity index (χ0v) is 16.5. The fourth-order valence-corrected chi connectivity index (χ4v) is 2.62. The monoisotopic (exact) mass is 403 g/mol. The number of halogens is 1. The molecule has 0 aliphatic rings. The summed E-state index contributed by atoms with van der Waals surface area (Å²) in [6.45, 7) is 6.36. The molecule has 0 atom stereocenters. The van der Waals surface area contributed by atoms with Crippen LogP contribution < -0.4 is 32.7 Å². The lowest BCUT2D eigenvalue weighted by Crippen LogP contribution is -2.68. The van der Waals surface area contributed by atoms with Crippen molar-refractivity contribution in [2.45, 2.75) is 27.3 Å². The largest absolute Gasteiger partial charge is 0.493 e. The average Bonchev–Trinajstić information content (AvgIpc) is 2.56. The molecule has 0 saturated heterocycles. The molecule has 1 aromatic carbocycles. The molecule has 0 radical (unpaired) electrons. The van der Waals surface area contributed by atoms with Gasteiger partial charge in [-0.3, -0.25) is 0 Å². The number of hydrogen-bond acceptors (Lipinski definition) is 8. The zero-order chi connectivity index (χ0) is 20.8. The Kier molecular flexibility index (Phi) is 8.20. The van der Waals surface area contributed by atoms with Crippen LogP contribution in [0.3, 0.4) is 0 Å². The second-order valence-electron chi connectivity index (χ2n) is 5.43. The first-order valence-electron chi connectivity index (χ1n) is 7.85. The van der Waals surface area contributed by atoms with E-state index < -0.39 is 10.2 Å². The number of aryl methyl sites for hydroxylation is 2. The van der Waals surface area contributed by atoms with Gasteiger partial charge >= 0.3 is 5.97 Å². The van der Waals surface area contributed by atoms with Crippen LogP contribution in [0.15, 0.2) is 18.2 Å². The minimum atomic E-state index is -4.94. The van der Waals surface area contributed by atoms with Crippen LogP contribution in [-0.2, 0) is 16.1 Å². The highest BCUT2D eigenvalue weighted by molar-refractivity contribution is 5.87. The van der Waals surface area contributed by atoms with Gasteiger partial charge in [-0.2, -0.15) is 4.57 Å². The highest BCUT2D eigenvalue weighted by Crippen LogP contribution is 2.33. The quantitative estimate of drug-likeness (QED) is 0.396. The van der Waals surface area contributed by atoms with Gasteiger partial charge in [-0.1, -0.05) is 0 Å². The van der Waals surface area contributed by atoms with Crippen LogP contribution in [0.4, 0.5) is 0 Å². The molecule has 9 nitrogen and oxygen atoms in total. The van der Waals surface area contributed by atoms with Crippen LogP contribution in [0, 0.1) is 24.1 Å². The highest BCUT2D eigenvalue weighted by atomic mass is 35.7. The van der Waals surface area contributed by atoms with Crippen LogP contribution in [-0.4, -0.2) is 26.8 Å². The van der Waals surface area contributed by atoms with Crippen molar-refractivity contribution in [2.24, 2.45) is 0 Å². The molecule has 0 fully saturated rings. The van der Waals surface area contributed by atoms with Gasteiger partial charge in [-0.15, -0.1) is 10.2 Å². The lowest BCUT2D eigenvalue weighted by atomic mass is 10.1. The van der Waals surface area contributed by atoms with Gasteiger partial charge in [0.2, 0.25) is 6.54 Å². The summed E-state index contributed by atoms with van der Waals surface area (Å²) in [4.78, 5) is 11.8. The smallest absolute Gasteiger partial charge is 0.372 e. The van der Waals surface area contributed by atoms with Crippen LogP contribution in [0.1, 0.15) is 18.3 Å². The highest BCUT2D eigenvalue weighted by Gasteiger charge is 2.21. The van der Waals surface area contributed by atoms with E-state index in [-0.39, 0.29) is 12.5 Å². The predicted molar refractivity (Wildman–Crippen MR) is 83.4 cm³/mol. The molecule has 150 valence electrons. The SMILES string of the molecule is CCOC(=O)C[n+]1c(C)cc2cc(OC)c(OC)cc2c1C.[O-][Cl+3]([O-])([O-])[O-]. The third kappa shape index (κ3) is 6.81. The number of rotatable bonds is 5. The Morgan fingerprint density at radius 1 is 1.04 bits per heavy atom.